The molecule has 2 N–H and O–H groups in total. The summed E-state index contributed by atoms with van der Waals surface area (Å²) in [5.41, 5.74) is 7.51. The summed E-state index contributed by atoms with van der Waals surface area (Å²) in [5, 5.41) is 3.92. The molecule has 104 valence electrons. The van der Waals surface area contributed by atoms with Gasteiger partial charge in [0.1, 0.15) is 11.6 Å². The van der Waals surface area contributed by atoms with Gasteiger partial charge in [-0.1, -0.05) is 30.1 Å². The van der Waals surface area contributed by atoms with Crippen LogP contribution in [0.1, 0.15) is 37.4 Å². The van der Waals surface area contributed by atoms with Crippen molar-refractivity contribution >= 4 is 5.82 Å². The van der Waals surface area contributed by atoms with Gasteiger partial charge in [-0.3, -0.25) is 0 Å². The molecule has 0 spiro atoms. The molecule has 0 radical (unpaired) electrons. The van der Waals surface area contributed by atoms with E-state index in [0.29, 0.717) is 23.6 Å². The lowest BCUT2D eigenvalue weighted by Crippen LogP contribution is -1.91. The molecule has 2 fully saturated rings. The molecule has 1 aromatic carbocycles. The first-order chi connectivity index (χ1) is 9.75. The van der Waals surface area contributed by atoms with Gasteiger partial charge in [-0.2, -0.15) is 0 Å². The third-order valence-corrected chi connectivity index (χ3v) is 4.82. The smallest absolute Gasteiger partial charge is 0.175 e. The molecular weight excluding hydrogens is 255 g/mol. The predicted octanol–water partition coefficient (Wildman–Crippen LogP) is 3.97. The lowest BCUT2D eigenvalue weighted by Gasteiger charge is -2.04. The minimum Gasteiger partial charge on any atom is -0.380 e. The number of benzene rings is 1. The highest BCUT2D eigenvalue weighted by Gasteiger charge is 2.54. The van der Waals surface area contributed by atoms with Crippen molar-refractivity contribution in [2.45, 2.75) is 31.6 Å². The van der Waals surface area contributed by atoms with Crippen LogP contribution in [0.15, 0.2) is 28.8 Å². The lowest BCUT2D eigenvalue weighted by molar-refractivity contribution is 0.381. The summed E-state index contributed by atoms with van der Waals surface area (Å²) in [5.74, 6) is 2.83. The predicted molar refractivity (Wildman–Crippen MR) is 74.5 cm³/mol. The molecule has 3 nitrogen and oxygen atoms in total. The number of rotatable bonds is 2. The first-order valence-corrected chi connectivity index (χ1v) is 7.26. The second-order valence-electron chi connectivity index (χ2n) is 5.96. The summed E-state index contributed by atoms with van der Waals surface area (Å²) in [7, 11) is 0. The number of nitrogen functional groups attached to an aromatic ring is 1. The number of anilines is 1. The van der Waals surface area contributed by atoms with Gasteiger partial charge in [0.2, 0.25) is 0 Å². The number of hydrogen-bond acceptors (Lipinski definition) is 3. The van der Waals surface area contributed by atoms with Crippen LogP contribution in [0.2, 0.25) is 0 Å². The van der Waals surface area contributed by atoms with Gasteiger partial charge in [-0.15, -0.1) is 0 Å². The lowest BCUT2D eigenvalue weighted by atomic mass is 10.0. The first-order valence-electron chi connectivity index (χ1n) is 7.26. The molecule has 2 aromatic rings. The maximum absolute atomic E-state index is 13.4. The second kappa shape index (κ2) is 4.33. The van der Waals surface area contributed by atoms with Crippen molar-refractivity contribution in [3.63, 3.8) is 0 Å². The standard InChI is InChI=1S/C16H17FN2O/c17-10-5-3-4-9(8-10)13-15(20-19-16(13)18)14-11-6-1-2-7-12(11)14/h3-5,8,11-12,14H,1-2,6-7H2,(H2,18,19). The van der Waals surface area contributed by atoms with Crippen LogP contribution in [0.5, 0.6) is 0 Å². The fourth-order valence-electron chi connectivity index (χ4n) is 3.86. The van der Waals surface area contributed by atoms with E-state index in [1.165, 1.54) is 37.8 Å². The zero-order valence-corrected chi connectivity index (χ0v) is 11.2. The molecule has 20 heavy (non-hydrogen) atoms. The van der Waals surface area contributed by atoms with E-state index >= 15 is 0 Å². The summed E-state index contributed by atoms with van der Waals surface area (Å²) in [6.07, 6.45) is 5.13. The van der Waals surface area contributed by atoms with Crippen LogP contribution in [0, 0.1) is 17.7 Å². The Morgan fingerprint density at radius 3 is 2.65 bits per heavy atom. The third kappa shape index (κ3) is 1.74. The molecule has 2 atom stereocenters. The molecule has 4 rings (SSSR count). The average Bonchev–Trinajstić information content (AvgIpc) is 3.06. The molecule has 1 aromatic heterocycles. The van der Waals surface area contributed by atoms with Crippen LogP contribution < -0.4 is 5.73 Å². The zero-order valence-electron chi connectivity index (χ0n) is 11.2. The zero-order chi connectivity index (χ0) is 13.7. The minimum absolute atomic E-state index is 0.262. The Morgan fingerprint density at radius 1 is 1.20 bits per heavy atom. The van der Waals surface area contributed by atoms with Gasteiger partial charge < -0.3 is 10.3 Å². The van der Waals surface area contributed by atoms with Gasteiger partial charge in [0.15, 0.2) is 5.82 Å². The Labute approximate surface area is 117 Å². The van der Waals surface area contributed by atoms with Crippen LogP contribution in [-0.4, -0.2) is 5.16 Å². The van der Waals surface area contributed by atoms with E-state index in [4.69, 9.17) is 10.3 Å². The fourth-order valence-corrected chi connectivity index (χ4v) is 3.86. The monoisotopic (exact) mass is 272 g/mol. The van der Waals surface area contributed by atoms with Crippen molar-refractivity contribution in [1.82, 2.24) is 5.16 Å². The van der Waals surface area contributed by atoms with Crippen LogP contribution in [0.3, 0.4) is 0 Å². The number of hydrogen-bond donors (Lipinski definition) is 1. The van der Waals surface area contributed by atoms with E-state index in [2.05, 4.69) is 5.16 Å². The molecule has 0 bridgehead atoms. The number of nitrogens with two attached hydrogens (primary N) is 1. The van der Waals surface area contributed by atoms with Gasteiger partial charge >= 0.3 is 0 Å². The van der Waals surface area contributed by atoms with Crippen LogP contribution in [0.4, 0.5) is 10.2 Å². The largest absolute Gasteiger partial charge is 0.380 e. The van der Waals surface area contributed by atoms with Gasteiger partial charge in [-0.25, -0.2) is 4.39 Å². The SMILES string of the molecule is Nc1noc(C2C3CCCCC32)c1-c1cccc(F)c1. The Hall–Kier alpha value is -1.84. The highest BCUT2D eigenvalue weighted by molar-refractivity contribution is 5.76. The van der Waals surface area contributed by atoms with Gasteiger partial charge in [0.05, 0.1) is 5.56 Å². The maximum atomic E-state index is 13.4. The van der Waals surface area contributed by atoms with Crippen molar-refractivity contribution in [3.05, 3.63) is 35.8 Å². The summed E-state index contributed by atoms with van der Waals surface area (Å²) in [6, 6.07) is 6.49. The van der Waals surface area contributed by atoms with Crippen molar-refractivity contribution in [1.29, 1.82) is 0 Å². The average molecular weight is 272 g/mol. The molecular formula is C16H17FN2O. The fraction of sp³-hybridized carbons (Fsp3) is 0.438. The second-order valence-corrected chi connectivity index (χ2v) is 5.96. The van der Waals surface area contributed by atoms with Crippen molar-refractivity contribution in [2.24, 2.45) is 11.8 Å². The highest BCUT2D eigenvalue weighted by Crippen LogP contribution is 2.62. The molecule has 0 amide bonds. The number of aromatic nitrogens is 1. The Balaban J connectivity index is 1.75. The highest BCUT2D eigenvalue weighted by atomic mass is 19.1. The van der Waals surface area contributed by atoms with E-state index in [1.807, 2.05) is 6.07 Å². The van der Waals surface area contributed by atoms with Gasteiger partial charge in [0.25, 0.3) is 0 Å². The molecule has 2 aliphatic rings. The minimum atomic E-state index is -0.262. The Kier molecular flexibility index (Phi) is 2.59. The van der Waals surface area contributed by atoms with Crippen molar-refractivity contribution in [2.75, 3.05) is 5.73 Å². The van der Waals surface area contributed by atoms with Crippen molar-refractivity contribution < 1.29 is 8.91 Å². The summed E-state index contributed by atoms with van der Waals surface area (Å²) in [4.78, 5) is 0. The molecule has 2 aliphatic carbocycles. The van der Waals surface area contributed by atoms with Gasteiger partial charge in [-0.05, 0) is 42.4 Å². The topological polar surface area (TPSA) is 52.0 Å². The first kappa shape index (κ1) is 11.9. The molecule has 4 heteroatoms. The number of fused-ring (bicyclic) bond motifs is 1. The van der Waals surface area contributed by atoms with Crippen LogP contribution >= 0.6 is 0 Å². The number of nitrogens with zero attached hydrogens (tertiary/aromatic N) is 1. The molecule has 2 unspecified atom stereocenters. The molecule has 0 aliphatic heterocycles. The van der Waals surface area contributed by atoms with Gasteiger partial charge in [0, 0.05) is 5.92 Å². The van der Waals surface area contributed by atoms with E-state index < -0.39 is 0 Å². The van der Waals surface area contributed by atoms with Crippen LogP contribution in [0.25, 0.3) is 11.1 Å². The normalized spacial score (nSPS) is 28.1. The Bertz CT molecular complexity index is 640. The molecule has 0 saturated heterocycles. The van der Waals surface area contributed by atoms with Crippen molar-refractivity contribution in [3.8, 4) is 11.1 Å². The van der Waals surface area contributed by atoms with E-state index in [9.17, 15) is 4.39 Å². The van der Waals surface area contributed by atoms with E-state index in [0.717, 1.165) is 16.9 Å². The summed E-state index contributed by atoms with van der Waals surface area (Å²) in [6.45, 7) is 0. The maximum Gasteiger partial charge on any atom is 0.175 e. The van der Waals surface area contributed by atoms with E-state index in [-0.39, 0.29) is 5.82 Å². The Morgan fingerprint density at radius 2 is 1.95 bits per heavy atom. The molecule has 2 saturated carbocycles. The summed E-state index contributed by atoms with van der Waals surface area (Å²) < 4.78 is 19.0. The summed E-state index contributed by atoms with van der Waals surface area (Å²) >= 11 is 0. The number of halogens is 1. The third-order valence-electron chi connectivity index (χ3n) is 4.82. The van der Waals surface area contributed by atoms with Crippen LogP contribution in [-0.2, 0) is 0 Å². The quantitative estimate of drug-likeness (QED) is 0.900. The van der Waals surface area contributed by atoms with E-state index in [1.54, 1.807) is 6.07 Å². The molecule has 1 heterocycles.